The van der Waals surface area contributed by atoms with Gasteiger partial charge in [0.25, 0.3) is 0 Å². The van der Waals surface area contributed by atoms with Crippen LogP contribution in [0.15, 0.2) is 55.0 Å². The molecule has 4 aromatic rings. The van der Waals surface area contributed by atoms with Gasteiger partial charge in [-0.25, -0.2) is 4.57 Å². The first-order chi connectivity index (χ1) is 9.27. The lowest BCUT2D eigenvalue weighted by Gasteiger charge is -2.02. The zero-order valence-corrected chi connectivity index (χ0v) is 11.0. The molecule has 19 heavy (non-hydrogen) atoms. The molecule has 0 bridgehead atoms. The largest absolute Gasteiger partial charge is 0.360 e. The standard InChI is InChI=1S/C16H15N3/c1-17-9-5-7-13-12-6-3-4-8-14(12)19-11-10-18(2)16(19)15(13)17/h3-11H,1-2H3/q+2. The van der Waals surface area contributed by atoms with Crippen LogP contribution < -0.4 is 9.13 Å². The molecule has 0 saturated heterocycles. The van der Waals surface area contributed by atoms with E-state index in [1.165, 1.54) is 27.5 Å². The molecular weight excluding hydrogens is 234 g/mol. The Morgan fingerprint density at radius 3 is 2.53 bits per heavy atom. The van der Waals surface area contributed by atoms with Crippen LogP contribution >= 0.6 is 0 Å². The maximum absolute atomic E-state index is 2.26. The number of fused-ring (bicyclic) bond motifs is 6. The topological polar surface area (TPSA) is 12.2 Å². The Balaban J connectivity index is 2.49. The Bertz CT molecular complexity index is 935. The Kier molecular flexibility index (Phi) is 1.96. The second-order valence-electron chi connectivity index (χ2n) is 5.00. The summed E-state index contributed by atoms with van der Waals surface area (Å²) in [5.41, 5.74) is 3.72. The number of hydrogen-bond acceptors (Lipinski definition) is 0. The van der Waals surface area contributed by atoms with Crippen molar-refractivity contribution >= 4 is 27.5 Å². The minimum atomic E-state index is 1.22. The zero-order chi connectivity index (χ0) is 13.0. The Morgan fingerprint density at radius 2 is 1.63 bits per heavy atom. The highest BCUT2D eigenvalue weighted by Crippen LogP contribution is 2.25. The van der Waals surface area contributed by atoms with Crippen molar-refractivity contribution in [2.24, 2.45) is 14.1 Å². The van der Waals surface area contributed by atoms with E-state index >= 15 is 0 Å². The third-order valence-electron chi connectivity index (χ3n) is 3.85. The average Bonchev–Trinajstić information content (AvgIpc) is 2.82. The van der Waals surface area contributed by atoms with E-state index in [0.717, 1.165) is 0 Å². The monoisotopic (exact) mass is 249 g/mol. The van der Waals surface area contributed by atoms with E-state index in [9.17, 15) is 0 Å². The van der Waals surface area contributed by atoms with Crippen LogP contribution in [0, 0.1) is 0 Å². The molecule has 0 atom stereocenters. The SMILES string of the molecule is C[n+]1cccc2c3ccccc3n3cc[n+](C)c3c21. The summed E-state index contributed by atoms with van der Waals surface area (Å²) in [7, 11) is 4.20. The molecule has 0 saturated carbocycles. The van der Waals surface area contributed by atoms with Gasteiger partial charge in [0.05, 0.1) is 12.4 Å². The molecule has 3 heterocycles. The number of rotatable bonds is 0. The van der Waals surface area contributed by atoms with Gasteiger partial charge in [-0.15, -0.1) is 0 Å². The van der Waals surface area contributed by atoms with E-state index in [2.05, 4.69) is 82.6 Å². The van der Waals surface area contributed by atoms with Crippen molar-refractivity contribution in [2.75, 3.05) is 0 Å². The molecular formula is C16H15N3+2. The van der Waals surface area contributed by atoms with Crippen LogP contribution in [0.1, 0.15) is 0 Å². The molecule has 0 aliphatic heterocycles. The summed E-state index contributed by atoms with van der Waals surface area (Å²) >= 11 is 0. The molecule has 0 fully saturated rings. The van der Waals surface area contributed by atoms with E-state index in [1.54, 1.807) is 0 Å². The number of imidazole rings is 1. The first kappa shape index (κ1) is 10.5. The van der Waals surface area contributed by atoms with Gasteiger partial charge >= 0.3 is 11.2 Å². The minimum absolute atomic E-state index is 1.22. The molecule has 0 spiro atoms. The number of nitrogens with zero attached hydrogens (tertiary/aromatic N) is 3. The summed E-state index contributed by atoms with van der Waals surface area (Å²) in [6, 6.07) is 12.9. The fourth-order valence-corrected chi connectivity index (χ4v) is 2.97. The predicted molar refractivity (Wildman–Crippen MR) is 74.8 cm³/mol. The van der Waals surface area contributed by atoms with Crippen molar-refractivity contribution in [1.29, 1.82) is 0 Å². The molecule has 0 amide bonds. The molecule has 92 valence electrons. The van der Waals surface area contributed by atoms with Gasteiger partial charge in [-0.2, -0.15) is 8.97 Å². The Morgan fingerprint density at radius 1 is 0.842 bits per heavy atom. The van der Waals surface area contributed by atoms with Crippen LogP contribution in [-0.4, -0.2) is 4.40 Å². The van der Waals surface area contributed by atoms with Crippen molar-refractivity contribution in [3.8, 4) is 0 Å². The summed E-state index contributed by atoms with van der Waals surface area (Å²) in [6.07, 6.45) is 6.34. The van der Waals surface area contributed by atoms with Crippen molar-refractivity contribution in [3.05, 3.63) is 55.0 Å². The van der Waals surface area contributed by atoms with Gasteiger partial charge < -0.3 is 0 Å². The normalized spacial score (nSPS) is 11.7. The average molecular weight is 249 g/mol. The van der Waals surface area contributed by atoms with Gasteiger partial charge in [0.2, 0.25) is 0 Å². The Labute approximate surface area is 111 Å². The third-order valence-corrected chi connectivity index (χ3v) is 3.85. The molecule has 0 aliphatic rings. The van der Waals surface area contributed by atoms with Crippen LogP contribution in [0.3, 0.4) is 0 Å². The van der Waals surface area contributed by atoms with E-state index in [-0.39, 0.29) is 0 Å². The summed E-state index contributed by atoms with van der Waals surface area (Å²) < 4.78 is 6.63. The predicted octanol–water partition coefficient (Wildman–Crippen LogP) is 1.89. The highest BCUT2D eigenvalue weighted by Gasteiger charge is 2.23. The highest BCUT2D eigenvalue weighted by molar-refractivity contribution is 6.07. The highest BCUT2D eigenvalue weighted by atomic mass is 15.1. The lowest BCUT2D eigenvalue weighted by molar-refractivity contribution is -0.664. The molecule has 1 aromatic carbocycles. The van der Waals surface area contributed by atoms with Gasteiger partial charge in [-0.3, -0.25) is 0 Å². The molecule has 3 nitrogen and oxygen atoms in total. The number of aryl methyl sites for hydroxylation is 2. The number of pyridine rings is 2. The lowest BCUT2D eigenvalue weighted by atomic mass is 10.1. The number of hydrogen-bond donors (Lipinski definition) is 0. The zero-order valence-electron chi connectivity index (χ0n) is 11.0. The number of aromatic nitrogens is 3. The molecule has 0 N–H and O–H groups in total. The van der Waals surface area contributed by atoms with Crippen LogP contribution in [0.25, 0.3) is 27.5 Å². The Hall–Kier alpha value is -2.42. The van der Waals surface area contributed by atoms with E-state index < -0.39 is 0 Å². The van der Waals surface area contributed by atoms with Crippen molar-refractivity contribution in [3.63, 3.8) is 0 Å². The molecule has 0 aliphatic carbocycles. The van der Waals surface area contributed by atoms with Gasteiger partial charge in [-0.1, -0.05) is 12.1 Å². The fourth-order valence-electron chi connectivity index (χ4n) is 2.97. The maximum atomic E-state index is 2.26. The number of benzene rings is 1. The van der Waals surface area contributed by atoms with E-state index in [1.807, 2.05) is 0 Å². The van der Waals surface area contributed by atoms with Crippen LogP contribution in [0.4, 0.5) is 0 Å². The first-order valence-electron chi connectivity index (χ1n) is 6.43. The van der Waals surface area contributed by atoms with E-state index in [4.69, 9.17) is 0 Å². The second kappa shape index (κ2) is 3.54. The first-order valence-corrected chi connectivity index (χ1v) is 6.43. The third kappa shape index (κ3) is 1.27. The van der Waals surface area contributed by atoms with Crippen LogP contribution in [0.2, 0.25) is 0 Å². The van der Waals surface area contributed by atoms with Crippen LogP contribution in [-0.2, 0) is 14.1 Å². The molecule has 3 heteroatoms. The van der Waals surface area contributed by atoms with E-state index in [0.29, 0.717) is 0 Å². The summed E-state index contributed by atoms with van der Waals surface area (Å²) in [5, 5.41) is 2.58. The fraction of sp³-hybridized carbons (Fsp3) is 0.125. The lowest BCUT2D eigenvalue weighted by Crippen LogP contribution is -2.34. The second-order valence-corrected chi connectivity index (χ2v) is 5.00. The van der Waals surface area contributed by atoms with Crippen molar-refractivity contribution in [1.82, 2.24) is 4.40 Å². The van der Waals surface area contributed by atoms with Crippen LogP contribution in [0.5, 0.6) is 0 Å². The molecule has 0 unspecified atom stereocenters. The smallest absolute Gasteiger partial charge is 0.227 e. The summed E-state index contributed by atoms with van der Waals surface area (Å²) in [4.78, 5) is 0. The summed E-state index contributed by atoms with van der Waals surface area (Å²) in [5.74, 6) is 0. The van der Waals surface area contributed by atoms with Gasteiger partial charge in [0.15, 0.2) is 6.20 Å². The van der Waals surface area contributed by atoms with Gasteiger partial charge in [0.1, 0.15) is 25.0 Å². The van der Waals surface area contributed by atoms with Crippen molar-refractivity contribution < 1.29 is 9.13 Å². The van der Waals surface area contributed by atoms with Gasteiger partial charge in [0, 0.05) is 11.5 Å². The molecule has 4 rings (SSSR count). The number of para-hydroxylation sites is 1. The molecule has 0 radical (unpaired) electrons. The van der Waals surface area contributed by atoms with Crippen molar-refractivity contribution in [2.45, 2.75) is 0 Å². The molecule has 3 aromatic heterocycles. The quantitative estimate of drug-likeness (QED) is 0.333. The minimum Gasteiger partial charge on any atom is -0.227 e. The van der Waals surface area contributed by atoms with Gasteiger partial charge in [-0.05, 0) is 18.2 Å². The maximum Gasteiger partial charge on any atom is 0.360 e. The summed E-state index contributed by atoms with van der Waals surface area (Å²) in [6.45, 7) is 0.